The number of fused-ring (bicyclic) bond motifs is 1. The Morgan fingerprint density at radius 2 is 2.03 bits per heavy atom. The quantitative estimate of drug-likeness (QED) is 0.620. The summed E-state index contributed by atoms with van der Waals surface area (Å²) in [6, 6.07) is 9.23. The van der Waals surface area contributed by atoms with E-state index in [1.807, 2.05) is 36.5 Å². The summed E-state index contributed by atoms with van der Waals surface area (Å²) in [5.74, 6) is -0.731. The summed E-state index contributed by atoms with van der Waals surface area (Å²) < 4.78 is 28.2. The smallest absolute Gasteiger partial charge is 0.257 e. The van der Waals surface area contributed by atoms with Crippen LogP contribution in [0.15, 0.2) is 47.6 Å². The molecule has 3 aromatic rings. The molecule has 7 nitrogen and oxygen atoms in total. The van der Waals surface area contributed by atoms with Crippen molar-refractivity contribution < 1.29 is 18.7 Å². The molecule has 0 saturated carbocycles. The molecule has 30 heavy (non-hydrogen) atoms. The number of halogens is 2. The lowest BCUT2D eigenvalue weighted by molar-refractivity contribution is -0.134. The maximum atomic E-state index is 12.9. The number of rotatable bonds is 7. The van der Waals surface area contributed by atoms with Crippen molar-refractivity contribution in [1.29, 1.82) is 0 Å². The zero-order valence-electron chi connectivity index (χ0n) is 16.3. The fraction of sp³-hybridized carbons (Fsp3) is 0.350. The molecule has 1 aliphatic heterocycles. The van der Waals surface area contributed by atoms with Crippen molar-refractivity contribution in [3.63, 3.8) is 0 Å². The minimum absolute atomic E-state index is 0.134. The second kappa shape index (κ2) is 8.57. The van der Waals surface area contributed by atoms with E-state index in [0.29, 0.717) is 18.8 Å². The monoisotopic (exact) mass is 433 g/mol. The van der Waals surface area contributed by atoms with Crippen LogP contribution in [-0.2, 0) is 24.4 Å². The minimum Gasteiger partial charge on any atom is -0.395 e. The molecule has 0 aliphatic carbocycles. The maximum absolute atomic E-state index is 12.9. The summed E-state index contributed by atoms with van der Waals surface area (Å²) in [6.07, 6.45) is 0.932. The summed E-state index contributed by atoms with van der Waals surface area (Å²) in [6.45, 7) is 1.84. The van der Waals surface area contributed by atoms with Gasteiger partial charge in [0.1, 0.15) is 6.54 Å². The molecule has 0 radical (unpaired) electrons. The average Bonchev–Trinajstić information content (AvgIpc) is 3.38. The average molecular weight is 433 g/mol. The van der Waals surface area contributed by atoms with E-state index in [1.54, 1.807) is 22.1 Å². The molecule has 3 heterocycles. The molecular weight excluding hydrogens is 412 g/mol. The Bertz CT molecular complexity index is 1010. The summed E-state index contributed by atoms with van der Waals surface area (Å²) in [5.41, 5.74) is 3.16. The highest BCUT2D eigenvalue weighted by molar-refractivity contribution is 7.97. The Kier molecular flexibility index (Phi) is 5.87. The molecule has 0 fully saturated rings. The Hall–Kier alpha value is -2.72. The van der Waals surface area contributed by atoms with Gasteiger partial charge in [-0.25, -0.2) is 12.9 Å². The first-order valence-electron chi connectivity index (χ1n) is 9.47. The first kappa shape index (κ1) is 20.5. The van der Waals surface area contributed by atoms with E-state index in [-0.39, 0.29) is 12.5 Å². The summed E-state index contributed by atoms with van der Waals surface area (Å²) in [5, 5.41) is 18.3. The number of carbonyl (C=O) groups excluding carboxylic acids is 1. The van der Waals surface area contributed by atoms with Crippen molar-refractivity contribution in [2.24, 2.45) is 0 Å². The second-order valence-corrected chi connectivity index (χ2v) is 8.10. The van der Waals surface area contributed by atoms with Gasteiger partial charge in [0.15, 0.2) is 0 Å². The first-order valence-corrected chi connectivity index (χ1v) is 10.2. The highest BCUT2D eigenvalue weighted by atomic mass is 32.2. The summed E-state index contributed by atoms with van der Waals surface area (Å²) >= 11 is 1.30. The van der Waals surface area contributed by atoms with E-state index in [9.17, 15) is 18.7 Å². The number of aliphatic hydroxyl groups is 1. The van der Waals surface area contributed by atoms with Crippen LogP contribution < -0.4 is 0 Å². The Labute approximate surface area is 176 Å². The van der Waals surface area contributed by atoms with Gasteiger partial charge in [0.25, 0.3) is 6.43 Å². The molecule has 2 aromatic heterocycles. The van der Waals surface area contributed by atoms with Gasteiger partial charge in [-0.1, -0.05) is 30.3 Å². The van der Waals surface area contributed by atoms with Crippen LogP contribution in [0.2, 0.25) is 0 Å². The summed E-state index contributed by atoms with van der Waals surface area (Å²) in [4.78, 5) is 15.3. The lowest BCUT2D eigenvalue weighted by atomic mass is 9.98. The zero-order valence-corrected chi connectivity index (χ0v) is 17.1. The number of alkyl halides is 2. The molecular formula is C20H21F2N5O2S. The highest BCUT2D eigenvalue weighted by Gasteiger charge is 2.31. The normalized spacial score (nSPS) is 14.4. The van der Waals surface area contributed by atoms with Gasteiger partial charge in [-0.15, -0.1) is 0 Å². The molecule has 1 N–H and O–H groups in total. The van der Waals surface area contributed by atoms with Gasteiger partial charge in [0.05, 0.1) is 41.5 Å². The van der Waals surface area contributed by atoms with E-state index in [0.717, 1.165) is 21.7 Å². The minimum atomic E-state index is -2.46. The number of aliphatic hydroxyl groups excluding tert-OH is 1. The van der Waals surface area contributed by atoms with Gasteiger partial charge in [-0.3, -0.25) is 9.48 Å². The van der Waals surface area contributed by atoms with Gasteiger partial charge in [0, 0.05) is 30.3 Å². The maximum Gasteiger partial charge on any atom is 0.257 e. The van der Waals surface area contributed by atoms with Crippen LogP contribution in [-0.4, -0.2) is 47.9 Å². The Balaban J connectivity index is 1.43. The largest absolute Gasteiger partial charge is 0.395 e. The fourth-order valence-corrected chi connectivity index (χ4v) is 4.35. The highest BCUT2D eigenvalue weighted by Crippen LogP contribution is 2.30. The van der Waals surface area contributed by atoms with Crippen LogP contribution in [0.4, 0.5) is 8.78 Å². The third-order valence-electron chi connectivity index (χ3n) is 5.11. The number of benzene rings is 1. The lowest BCUT2D eigenvalue weighted by Crippen LogP contribution is -2.32. The van der Waals surface area contributed by atoms with Crippen molar-refractivity contribution in [1.82, 2.24) is 23.9 Å². The second-order valence-electron chi connectivity index (χ2n) is 7.10. The van der Waals surface area contributed by atoms with Gasteiger partial charge >= 0.3 is 0 Å². The number of aromatic nitrogens is 4. The number of hydrogen-bond donors (Lipinski definition) is 1. The van der Waals surface area contributed by atoms with Gasteiger partial charge < -0.3 is 10.0 Å². The molecule has 1 unspecified atom stereocenters. The van der Waals surface area contributed by atoms with Crippen LogP contribution >= 0.6 is 11.9 Å². The molecule has 1 aliphatic rings. The van der Waals surface area contributed by atoms with Crippen LogP contribution in [0.3, 0.4) is 0 Å². The molecule has 1 aromatic carbocycles. The number of hydrogen-bond acceptors (Lipinski definition) is 5. The lowest BCUT2D eigenvalue weighted by Gasteiger charge is -2.22. The van der Waals surface area contributed by atoms with Crippen LogP contribution in [0.25, 0.3) is 0 Å². The van der Waals surface area contributed by atoms with Gasteiger partial charge in [-0.2, -0.15) is 10.2 Å². The molecule has 10 heteroatoms. The first-order chi connectivity index (χ1) is 14.5. The van der Waals surface area contributed by atoms with E-state index in [4.69, 9.17) is 0 Å². The molecule has 0 bridgehead atoms. The predicted molar refractivity (Wildman–Crippen MR) is 107 cm³/mol. The van der Waals surface area contributed by atoms with Crippen molar-refractivity contribution in [2.45, 2.75) is 43.8 Å². The molecule has 1 amide bonds. The molecule has 0 saturated heterocycles. The predicted octanol–water partition coefficient (Wildman–Crippen LogP) is 2.83. The third-order valence-corrected chi connectivity index (χ3v) is 6.08. The number of nitrogens with zero attached hydrogens (tertiary/aromatic N) is 5. The van der Waals surface area contributed by atoms with E-state index in [2.05, 4.69) is 10.2 Å². The Morgan fingerprint density at radius 1 is 1.27 bits per heavy atom. The zero-order chi connectivity index (χ0) is 21.3. The molecule has 1 atom stereocenters. The van der Waals surface area contributed by atoms with Crippen molar-refractivity contribution in [3.05, 3.63) is 65.2 Å². The van der Waals surface area contributed by atoms with Crippen LogP contribution in [0, 0.1) is 6.92 Å². The molecule has 4 rings (SSSR count). The Morgan fingerprint density at radius 3 is 2.70 bits per heavy atom. The van der Waals surface area contributed by atoms with Crippen LogP contribution in [0.1, 0.15) is 28.4 Å². The summed E-state index contributed by atoms with van der Waals surface area (Å²) in [7, 11) is 0. The topological polar surface area (TPSA) is 76.2 Å². The third kappa shape index (κ3) is 4.10. The van der Waals surface area contributed by atoms with E-state index >= 15 is 0 Å². The SMILES string of the molecule is Cc1c(Sn2cc3c(n2)CN(C(=O)C(CO)c2ccccc2)C3)cnn1CC(F)F. The van der Waals surface area contributed by atoms with Crippen molar-refractivity contribution in [2.75, 3.05) is 6.61 Å². The van der Waals surface area contributed by atoms with Crippen molar-refractivity contribution in [3.8, 4) is 0 Å². The molecule has 158 valence electrons. The molecule has 0 spiro atoms. The fourth-order valence-electron chi connectivity index (χ4n) is 3.50. The van der Waals surface area contributed by atoms with Gasteiger partial charge in [0.2, 0.25) is 5.91 Å². The number of carbonyl (C=O) groups is 1. The number of amides is 1. The van der Waals surface area contributed by atoms with E-state index in [1.165, 1.54) is 16.6 Å². The standard InChI is InChI=1S/C20H21F2N5O2S/c1-13-18(7-23-26(13)11-19(21)22)30-27-9-15-8-25(10-17(15)24-27)20(29)16(12-28)14-5-3-2-4-6-14/h2-7,9,16,19,28H,8,10-12H2,1H3. The van der Waals surface area contributed by atoms with Crippen molar-refractivity contribution >= 4 is 17.9 Å². The van der Waals surface area contributed by atoms with E-state index < -0.39 is 18.9 Å². The van der Waals surface area contributed by atoms with Gasteiger partial charge in [-0.05, 0) is 12.5 Å². The van der Waals surface area contributed by atoms with Crippen LogP contribution in [0.5, 0.6) is 0 Å².